The van der Waals surface area contributed by atoms with E-state index in [0.717, 1.165) is 35.4 Å². The molecule has 5 heteroatoms. The van der Waals surface area contributed by atoms with Crippen LogP contribution in [0.3, 0.4) is 0 Å². The molecule has 1 saturated heterocycles. The van der Waals surface area contributed by atoms with Crippen molar-refractivity contribution in [2.75, 3.05) is 29.9 Å². The number of pyridine rings is 1. The number of para-hydroxylation sites is 1. The number of piperazine rings is 1. The average molecular weight is 254 g/mol. The molecule has 0 radical (unpaired) electrons. The normalized spacial score (nSPS) is 21.8. The smallest absolute Gasteiger partial charge is 0.248 e. The molecule has 1 amide bonds. The predicted molar refractivity (Wildman–Crippen MR) is 74.4 cm³/mol. The fraction of sp³-hybridized carbons (Fsp3) is 0.286. The second-order valence-electron chi connectivity index (χ2n) is 4.94. The number of nitrogens with zero attached hydrogens (tertiary/aromatic N) is 2. The quantitative estimate of drug-likeness (QED) is 0.735. The molecule has 2 aliphatic rings. The minimum atomic E-state index is -0.118. The fourth-order valence-electron chi connectivity index (χ4n) is 2.95. The molecule has 5 nitrogen and oxygen atoms in total. The SMILES string of the molecule is O=C1Nc2cnc3ccccc3c2N2CCNCC12. The lowest BCUT2D eigenvalue weighted by molar-refractivity contribution is -0.117. The lowest BCUT2D eigenvalue weighted by atomic mass is 10.0. The molecular formula is C14H14N4O. The molecule has 0 saturated carbocycles. The van der Waals surface area contributed by atoms with E-state index in [4.69, 9.17) is 0 Å². The minimum absolute atomic E-state index is 0.0526. The maximum Gasteiger partial charge on any atom is 0.248 e. The lowest BCUT2D eigenvalue weighted by Gasteiger charge is -2.41. The summed E-state index contributed by atoms with van der Waals surface area (Å²) in [5.74, 6) is 0.0526. The zero-order chi connectivity index (χ0) is 12.8. The molecule has 1 aromatic carbocycles. The topological polar surface area (TPSA) is 57.3 Å². The van der Waals surface area contributed by atoms with E-state index in [1.165, 1.54) is 0 Å². The molecule has 4 rings (SSSR count). The van der Waals surface area contributed by atoms with Gasteiger partial charge in [0, 0.05) is 25.0 Å². The summed E-state index contributed by atoms with van der Waals surface area (Å²) in [5, 5.41) is 7.35. The van der Waals surface area contributed by atoms with Gasteiger partial charge in [0.25, 0.3) is 0 Å². The number of hydrogen-bond acceptors (Lipinski definition) is 4. The first-order valence-corrected chi connectivity index (χ1v) is 6.50. The first-order chi connectivity index (χ1) is 9.34. The Kier molecular flexibility index (Phi) is 2.22. The number of aromatic nitrogens is 1. The first kappa shape index (κ1) is 10.8. The summed E-state index contributed by atoms with van der Waals surface area (Å²) in [6, 6.07) is 7.95. The number of carbonyl (C=O) groups excluding carboxylic acids is 1. The van der Waals surface area contributed by atoms with Crippen LogP contribution in [-0.2, 0) is 4.79 Å². The summed E-state index contributed by atoms with van der Waals surface area (Å²) < 4.78 is 0. The van der Waals surface area contributed by atoms with Gasteiger partial charge < -0.3 is 15.5 Å². The van der Waals surface area contributed by atoms with Crippen LogP contribution in [0.2, 0.25) is 0 Å². The Labute approximate surface area is 110 Å². The molecule has 0 aliphatic carbocycles. The van der Waals surface area contributed by atoms with Crippen molar-refractivity contribution in [1.82, 2.24) is 10.3 Å². The number of fused-ring (bicyclic) bond motifs is 5. The molecule has 1 fully saturated rings. The molecule has 1 unspecified atom stereocenters. The molecule has 2 N–H and O–H groups in total. The minimum Gasteiger partial charge on any atom is -0.355 e. The van der Waals surface area contributed by atoms with E-state index >= 15 is 0 Å². The number of anilines is 2. The van der Waals surface area contributed by atoms with Crippen LogP contribution in [0.4, 0.5) is 11.4 Å². The van der Waals surface area contributed by atoms with Crippen molar-refractivity contribution in [2.45, 2.75) is 6.04 Å². The predicted octanol–water partition coefficient (Wildman–Crippen LogP) is 0.965. The Morgan fingerprint density at radius 2 is 2.21 bits per heavy atom. The summed E-state index contributed by atoms with van der Waals surface area (Å²) in [4.78, 5) is 18.7. The zero-order valence-electron chi connectivity index (χ0n) is 10.4. The van der Waals surface area contributed by atoms with E-state index in [0.29, 0.717) is 6.54 Å². The number of carbonyl (C=O) groups is 1. The lowest BCUT2D eigenvalue weighted by Crippen LogP contribution is -2.59. The first-order valence-electron chi connectivity index (χ1n) is 6.50. The molecule has 19 heavy (non-hydrogen) atoms. The van der Waals surface area contributed by atoms with Gasteiger partial charge in [-0.3, -0.25) is 9.78 Å². The van der Waals surface area contributed by atoms with Gasteiger partial charge in [-0.05, 0) is 6.07 Å². The number of nitrogens with one attached hydrogen (secondary N) is 2. The third-order valence-corrected chi connectivity index (χ3v) is 3.84. The number of benzene rings is 1. The summed E-state index contributed by atoms with van der Waals surface area (Å²) in [6.07, 6.45) is 1.76. The van der Waals surface area contributed by atoms with Crippen molar-refractivity contribution in [3.63, 3.8) is 0 Å². The van der Waals surface area contributed by atoms with Gasteiger partial charge in [-0.15, -0.1) is 0 Å². The van der Waals surface area contributed by atoms with E-state index in [-0.39, 0.29) is 11.9 Å². The van der Waals surface area contributed by atoms with Crippen molar-refractivity contribution >= 4 is 28.2 Å². The van der Waals surface area contributed by atoms with Crippen LogP contribution in [0.25, 0.3) is 10.9 Å². The molecule has 3 heterocycles. The Morgan fingerprint density at radius 1 is 1.32 bits per heavy atom. The highest BCUT2D eigenvalue weighted by atomic mass is 16.2. The second-order valence-corrected chi connectivity index (χ2v) is 4.94. The Morgan fingerprint density at radius 3 is 3.16 bits per heavy atom. The maximum absolute atomic E-state index is 12.1. The van der Waals surface area contributed by atoms with Crippen LogP contribution >= 0.6 is 0 Å². The third-order valence-electron chi connectivity index (χ3n) is 3.84. The second kappa shape index (κ2) is 3.93. The largest absolute Gasteiger partial charge is 0.355 e. The van der Waals surface area contributed by atoms with Crippen LogP contribution in [-0.4, -0.2) is 36.6 Å². The monoisotopic (exact) mass is 254 g/mol. The van der Waals surface area contributed by atoms with Gasteiger partial charge in [0.05, 0.1) is 23.1 Å². The van der Waals surface area contributed by atoms with Crippen molar-refractivity contribution in [2.24, 2.45) is 0 Å². The van der Waals surface area contributed by atoms with Crippen LogP contribution in [0.5, 0.6) is 0 Å². The summed E-state index contributed by atoms with van der Waals surface area (Å²) in [6.45, 7) is 2.45. The Balaban J connectivity index is 1.98. The van der Waals surface area contributed by atoms with E-state index < -0.39 is 0 Å². The molecule has 2 aromatic rings. The number of amides is 1. The highest BCUT2D eigenvalue weighted by Crippen LogP contribution is 2.37. The molecular weight excluding hydrogens is 240 g/mol. The molecule has 2 aliphatic heterocycles. The van der Waals surface area contributed by atoms with Gasteiger partial charge in [-0.2, -0.15) is 0 Å². The standard InChI is InChI=1S/C14H14N4O/c19-14-12-8-15-5-6-18(12)13-9-3-1-2-4-10(9)16-7-11(13)17-14/h1-4,7,12,15H,5-6,8H2,(H,17,19). The summed E-state index contributed by atoms with van der Waals surface area (Å²) in [7, 11) is 0. The van der Waals surface area contributed by atoms with Crippen molar-refractivity contribution < 1.29 is 4.79 Å². The van der Waals surface area contributed by atoms with Crippen LogP contribution in [0.1, 0.15) is 0 Å². The average Bonchev–Trinajstić information content (AvgIpc) is 2.47. The highest BCUT2D eigenvalue weighted by Gasteiger charge is 2.35. The van der Waals surface area contributed by atoms with E-state index in [9.17, 15) is 4.79 Å². The van der Waals surface area contributed by atoms with Crippen LogP contribution in [0.15, 0.2) is 30.5 Å². The highest BCUT2D eigenvalue weighted by molar-refractivity contribution is 6.10. The molecule has 1 aromatic heterocycles. The summed E-state index contributed by atoms with van der Waals surface area (Å²) >= 11 is 0. The van der Waals surface area contributed by atoms with Gasteiger partial charge in [0.2, 0.25) is 5.91 Å². The van der Waals surface area contributed by atoms with Crippen LogP contribution < -0.4 is 15.5 Å². The van der Waals surface area contributed by atoms with Gasteiger partial charge >= 0.3 is 0 Å². The molecule has 96 valence electrons. The molecule has 1 atom stereocenters. The van der Waals surface area contributed by atoms with Gasteiger partial charge in [0.1, 0.15) is 6.04 Å². The Hall–Kier alpha value is -2.14. The van der Waals surface area contributed by atoms with Gasteiger partial charge in [0.15, 0.2) is 0 Å². The van der Waals surface area contributed by atoms with Gasteiger partial charge in [-0.1, -0.05) is 18.2 Å². The van der Waals surface area contributed by atoms with Crippen LogP contribution in [0, 0.1) is 0 Å². The van der Waals surface area contributed by atoms with Gasteiger partial charge in [-0.25, -0.2) is 0 Å². The number of hydrogen-bond donors (Lipinski definition) is 2. The molecule has 0 bridgehead atoms. The van der Waals surface area contributed by atoms with E-state index in [1.54, 1.807) is 6.20 Å². The maximum atomic E-state index is 12.1. The van der Waals surface area contributed by atoms with E-state index in [1.807, 2.05) is 18.2 Å². The molecule has 0 spiro atoms. The zero-order valence-corrected chi connectivity index (χ0v) is 10.4. The van der Waals surface area contributed by atoms with Crippen molar-refractivity contribution in [3.05, 3.63) is 30.5 Å². The number of rotatable bonds is 0. The fourth-order valence-corrected chi connectivity index (χ4v) is 2.95. The van der Waals surface area contributed by atoms with Crippen molar-refractivity contribution in [3.8, 4) is 0 Å². The Bertz CT molecular complexity index is 670. The summed E-state index contributed by atoms with van der Waals surface area (Å²) in [5.41, 5.74) is 2.90. The van der Waals surface area contributed by atoms with E-state index in [2.05, 4.69) is 26.6 Å². The third kappa shape index (κ3) is 1.51. The van der Waals surface area contributed by atoms with Crippen molar-refractivity contribution in [1.29, 1.82) is 0 Å².